The summed E-state index contributed by atoms with van der Waals surface area (Å²) in [6.45, 7) is -0.460. The molecule has 0 radical (unpaired) electrons. The summed E-state index contributed by atoms with van der Waals surface area (Å²) < 4.78 is 24.8. The molecule has 98 valence electrons. The number of carbonyl (C=O) groups is 1. The number of amides is 1. The molecule has 5 heteroatoms. The van der Waals surface area contributed by atoms with Gasteiger partial charge < -0.3 is 10.6 Å². The van der Waals surface area contributed by atoms with Gasteiger partial charge >= 0.3 is 0 Å². The number of hydrogen-bond acceptors (Lipinski definition) is 2. The fraction of sp³-hybridized carbons (Fsp3) is 0.462. The summed E-state index contributed by atoms with van der Waals surface area (Å²) >= 11 is 0. The molecule has 0 atom stereocenters. The summed E-state index contributed by atoms with van der Waals surface area (Å²) in [7, 11) is 0. The Morgan fingerprint density at radius 2 is 1.94 bits per heavy atom. The number of nitrogen functional groups attached to an aromatic ring is 1. The monoisotopic (exact) mass is 254 g/mol. The van der Waals surface area contributed by atoms with Gasteiger partial charge in [-0.15, -0.1) is 0 Å². The molecule has 2 N–H and O–H groups in total. The third-order valence-electron chi connectivity index (χ3n) is 2.98. The molecule has 1 fully saturated rings. The average Bonchev–Trinajstić information content (AvgIpc) is 3.12. The molecule has 1 saturated carbocycles. The smallest absolute Gasteiger partial charge is 0.255 e. The van der Waals surface area contributed by atoms with Crippen LogP contribution in [-0.2, 0) is 11.2 Å². The molecular formula is C13H16F2N2O. The van der Waals surface area contributed by atoms with E-state index in [2.05, 4.69) is 0 Å². The zero-order chi connectivity index (χ0) is 13.1. The number of alkyl halides is 2. The number of nitrogens with zero attached hydrogens (tertiary/aromatic N) is 1. The summed E-state index contributed by atoms with van der Waals surface area (Å²) in [6, 6.07) is 6.93. The first kappa shape index (κ1) is 12.8. The minimum atomic E-state index is -2.47. The van der Waals surface area contributed by atoms with Crippen molar-refractivity contribution in [2.75, 3.05) is 12.3 Å². The highest BCUT2D eigenvalue weighted by atomic mass is 19.3. The lowest BCUT2D eigenvalue weighted by molar-refractivity contribution is -0.133. The van der Waals surface area contributed by atoms with Gasteiger partial charge in [0.05, 0.1) is 13.0 Å². The van der Waals surface area contributed by atoms with Crippen LogP contribution in [0, 0.1) is 0 Å². The van der Waals surface area contributed by atoms with Crippen molar-refractivity contribution in [3.05, 3.63) is 29.8 Å². The maximum atomic E-state index is 12.4. The molecule has 1 aromatic rings. The molecule has 0 bridgehead atoms. The van der Waals surface area contributed by atoms with Crippen molar-refractivity contribution < 1.29 is 13.6 Å². The van der Waals surface area contributed by atoms with E-state index in [1.807, 2.05) is 0 Å². The molecule has 0 heterocycles. The molecule has 0 aromatic heterocycles. The Bertz CT molecular complexity index is 416. The van der Waals surface area contributed by atoms with Crippen molar-refractivity contribution in [3.63, 3.8) is 0 Å². The minimum absolute atomic E-state index is 0.0141. The van der Waals surface area contributed by atoms with Gasteiger partial charge in [0, 0.05) is 11.7 Å². The first-order valence-corrected chi connectivity index (χ1v) is 5.98. The third-order valence-corrected chi connectivity index (χ3v) is 2.98. The normalized spacial score (nSPS) is 14.8. The largest absolute Gasteiger partial charge is 0.399 e. The maximum absolute atomic E-state index is 12.4. The fourth-order valence-electron chi connectivity index (χ4n) is 1.90. The van der Waals surface area contributed by atoms with Gasteiger partial charge in [-0.3, -0.25) is 4.79 Å². The highest BCUT2D eigenvalue weighted by Gasteiger charge is 2.33. The second-order valence-electron chi connectivity index (χ2n) is 4.59. The van der Waals surface area contributed by atoms with Crippen LogP contribution in [0.3, 0.4) is 0 Å². The minimum Gasteiger partial charge on any atom is -0.399 e. The van der Waals surface area contributed by atoms with E-state index in [9.17, 15) is 13.6 Å². The van der Waals surface area contributed by atoms with Crippen LogP contribution in [0.5, 0.6) is 0 Å². The second-order valence-corrected chi connectivity index (χ2v) is 4.59. The standard InChI is InChI=1S/C13H16F2N2O/c14-12(15)8-17(11-5-6-11)13(18)7-9-1-3-10(16)4-2-9/h1-4,11-12H,5-8,16H2. The highest BCUT2D eigenvalue weighted by Crippen LogP contribution is 2.28. The quantitative estimate of drug-likeness (QED) is 0.818. The predicted octanol–water partition coefficient (Wildman–Crippen LogP) is 2.07. The summed E-state index contributed by atoms with van der Waals surface area (Å²) in [4.78, 5) is 13.3. The van der Waals surface area contributed by atoms with Crippen LogP contribution < -0.4 is 5.73 Å². The number of nitrogens with two attached hydrogens (primary N) is 1. The molecule has 1 aliphatic carbocycles. The van der Waals surface area contributed by atoms with E-state index in [0.29, 0.717) is 5.69 Å². The summed E-state index contributed by atoms with van der Waals surface area (Å²) in [5, 5.41) is 0. The second kappa shape index (κ2) is 5.33. The Morgan fingerprint density at radius 3 is 2.44 bits per heavy atom. The van der Waals surface area contributed by atoms with Crippen LogP contribution in [0.25, 0.3) is 0 Å². The number of halogens is 2. The van der Waals surface area contributed by atoms with Gasteiger partial charge in [-0.25, -0.2) is 8.78 Å². The number of carbonyl (C=O) groups excluding carboxylic acids is 1. The Hall–Kier alpha value is -1.65. The van der Waals surface area contributed by atoms with Crippen molar-refractivity contribution >= 4 is 11.6 Å². The Labute approximate surface area is 105 Å². The maximum Gasteiger partial charge on any atom is 0.255 e. The lowest BCUT2D eigenvalue weighted by Crippen LogP contribution is -2.37. The summed E-state index contributed by atoms with van der Waals surface area (Å²) in [6.07, 6.45) is -0.648. The molecule has 1 amide bonds. The average molecular weight is 254 g/mol. The van der Waals surface area contributed by atoms with E-state index < -0.39 is 13.0 Å². The lowest BCUT2D eigenvalue weighted by atomic mass is 10.1. The highest BCUT2D eigenvalue weighted by molar-refractivity contribution is 5.79. The van der Waals surface area contributed by atoms with E-state index in [0.717, 1.165) is 18.4 Å². The van der Waals surface area contributed by atoms with Crippen LogP contribution >= 0.6 is 0 Å². The number of rotatable bonds is 5. The predicted molar refractivity (Wildman–Crippen MR) is 65.3 cm³/mol. The molecule has 1 aromatic carbocycles. The zero-order valence-electron chi connectivity index (χ0n) is 9.98. The van der Waals surface area contributed by atoms with Crippen molar-refractivity contribution in [1.82, 2.24) is 4.90 Å². The Balaban J connectivity index is 1.98. The van der Waals surface area contributed by atoms with Crippen LogP contribution in [0.15, 0.2) is 24.3 Å². The van der Waals surface area contributed by atoms with Crippen LogP contribution in [0.1, 0.15) is 18.4 Å². The first-order chi connectivity index (χ1) is 8.56. The van der Waals surface area contributed by atoms with Crippen molar-refractivity contribution in [1.29, 1.82) is 0 Å². The van der Waals surface area contributed by atoms with E-state index in [1.165, 1.54) is 4.90 Å². The first-order valence-electron chi connectivity index (χ1n) is 5.98. The van der Waals surface area contributed by atoms with E-state index in [1.54, 1.807) is 24.3 Å². The topological polar surface area (TPSA) is 46.3 Å². The molecular weight excluding hydrogens is 238 g/mol. The zero-order valence-corrected chi connectivity index (χ0v) is 9.98. The lowest BCUT2D eigenvalue weighted by Gasteiger charge is -2.22. The fourth-order valence-corrected chi connectivity index (χ4v) is 1.90. The van der Waals surface area contributed by atoms with E-state index in [-0.39, 0.29) is 18.4 Å². The van der Waals surface area contributed by atoms with Crippen LogP contribution in [0.4, 0.5) is 14.5 Å². The van der Waals surface area contributed by atoms with Gasteiger partial charge in [0.15, 0.2) is 0 Å². The Kier molecular flexibility index (Phi) is 3.79. The molecule has 2 rings (SSSR count). The van der Waals surface area contributed by atoms with Crippen molar-refractivity contribution in [2.24, 2.45) is 0 Å². The number of benzene rings is 1. The van der Waals surface area contributed by atoms with E-state index >= 15 is 0 Å². The molecule has 1 aliphatic rings. The van der Waals surface area contributed by atoms with Crippen LogP contribution in [-0.4, -0.2) is 29.8 Å². The third kappa shape index (κ3) is 3.42. The van der Waals surface area contributed by atoms with Crippen LogP contribution in [0.2, 0.25) is 0 Å². The molecule has 0 unspecified atom stereocenters. The van der Waals surface area contributed by atoms with Gasteiger partial charge in [-0.2, -0.15) is 0 Å². The Morgan fingerprint density at radius 1 is 1.33 bits per heavy atom. The van der Waals surface area contributed by atoms with Gasteiger partial charge in [0.25, 0.3) is 6.43 Å². The molecule has 0 saturated heterocycles. The number of anilines is 1. The molecule has 18 heavy (non-hydrogen) atoms. The van der Waals surface area contributed by atoms with Gasteiger partial charge in [0.2, 0.25) is 5.91 Å². The van der Waals surface area contributed by atoms with E-state index in [4.69, 9.17) is 5.73 Å². The van der Waals surface area contributed by atoms with Crippen molar-refractivity contribution in [3.8, 4) is 0 Å². The molecule has 0 spiro atoms. The SMILES string of the molecule is Nc1ccc(CC(=O)N(CC(F)F)C2CC2)cc1. The van der Waals surface area contributed by atoms with Crippen molar-refractivity contribution in [2.45, 2.75) is 31.7 Å². The van der Waals surface area contributed by atoms with Gasteiger partial charge in [-0.05, 0) is 30.5 Å². The van der Waals surface area contributed by atoms with Gasteiger partial charge in [0.1, 0.15) is 0 Å². The molecule has 3 nitrogen and oxygen atoms in total. The van der Waals surface area contributed by atoms with Gasteiger partial charge in [-0.1, -0.05) is 12.1 Å². The summed E-state index contributed by atoms with van der Waals surface area (Å²) in [5.74, 6) is -0.234. The molecule has 0 aliphatic heterocycles. The summed E-state index contributed by atoms with van der Waals surface area (Å²) in [5.41, 5.74) is 6.97. The number of hydrogen-bond donors (Lipinski definition) is 1.